The average Bonchev–Trinajstić information content (AvgIpc) is 2.77. The first kappa shape index (κ1) is 26.4. The third-order valence-electron chi connectivity index (χ3n) is 4.26. The molecule has 2 N–H and O–H groups in total. The van der Waals surface area contributed by atoms with Gasteiger partial charge in [0.15, 0.2) is 11.9 Å². The van der Waals surface area contributed by atoms with Gasteiger partial charge in [0.25, 0.3) is 11.8 Å². The molecule has 0 heterocycles. The number of ether oxygens (including phenoxy) is 2. The number of amides is 2. The second-order valence-electron chi connectivity index (χ2n) is 6.64. The molecule has 0 aliphatic heterocycles. The molecule has 0 radical (unpaired) electrons. The average molecular weight is 504 g/mol. The monoisotopic (exact) mass is 503 g/mol. The van der Waals surface area contributed by atoms with Gasteiger partial charge in [0, 0.05) is 11.6 Å². The number of nitro benzene ring substituents is 1. The van der Waals surface area contributed by atoms with Gasteiger partial charge in [-0.1, -0.05) is 11.6 Å². The van der Waals surface area contributed by atoms with Crippen molar-refractivity contribution >= 4 is 40.8 Å². The van der Waals surface area contributed by atoms with E-state index in [9.17, 15) is 37.7 Å². The van der Waals surface area contributed by atoms with Crippen molar-refractivity contribution < 1.29 is 42.0 Å². The first-order valence-electron chi connectivity index (χ1n) is 9.31. The maximum atomic E-state index is 12.8. The summed E-state index contributed by atoms with van der Waals surface area (Å²) in [5.74, 6) is -2.92. The minimum atomic E-state index is -4.66. The third kappa shape index (κ3) is 6.81. The highest BCUT2D eigenvalue weighted by molar-refractivity contribution is 6.33. The van der Waals surface area contributed by atoms with E-state index in [0.29, 0.717) is 6.07 Å². The standard InChI is InChI=1S/C20H17ClF3N3O7/c1-10(18(29)26-14-8-12(20(22,23)24)4-5-13(14)21)34-17(28)9-25-19(30)11-3-6-16(33-2)15(7-11)27(31)32/h3-8,10H,9H2,1-2H3,(H,25,30)(H,26,29)/t10-/m1/s1. The Kier molecular flexibility index (Phi) is 8.41. The Hall–Kier alpha value is -3.87. The minimum absolute atomic E-state index is 0.0679. The molecular formula is C20H17ClF3N3O7. The number of halogens is 4. The van der Waals surface area contributed by atoms with Gasteiger partial charge in [-0.15, -0.1) is 0 Å². The van der Waals surface area contributed by atoms with Crippen LogP contribution in [0.25, 0.3) is 0 Å². The molecule has 14 heteroatoms. The summed E-state index contributed by atoms with van der Waals surface area (Å²) >= 11 is 5.81. The number of methoxy groups -OCH3 is 1. The van der Waals surface area contributed by atoms with Gasteiger partial charge in [-0.2, -0.15) is 13.2 Å². The number of benzene rings is 2. The molecule has 0 bridgehead atoms. The Morgan fingerprint density at radius 1 is 1.18 bits per heavy atom. The number of carbonyl (C=O) groups excluding carboxylic acids is 3. The SMILES string of the molecule is COc1ccc(C(=O)NCC(=O)O[C@H](C)C(=O)Nc2cc(C(F)(F)F)ccc2Cl)cc1[N+](=O)[O-]. The van der Waals surface area contributed by atoms with Crippen LogP contribution >= 0.6 is 11.6 Å². The molecule has 0 spiro atoms. The number of nitro groups is 1. The molecule has 182 valence electrons. The van der Waals surface area contributed by atoms with E-state index in [1.54, 1.807) is 0 Å². The Morgan fingerprint density at radius 2 is 1.85 bits per heavy atom. The fourth-order valence-electron chi connectivity index (χ4n) is 2.55. The molecule has 1 atom stereocenters. The quantitative estimate of drug-likeness (QED) is 0.319. The van der Waals surface area contributed by atoms with Crippen LogP contribution in [0.4, 0.5) is 24.5 Å². The van der Waals surface area contributed by atoms with Gasteiger partial charge in [-0.3, -0.25) is 24.5 Å². The molecule has 2 rings (SSSR count). The van der Waals surface area contributed by atoms with Crippen molar-refractivity contribution in [3.63, 3.8) is 0 Å². The van der Waals surface area contributed by atoms with E-state index in [4.69, 9.17) is 21.1 Å². The molecule has 0 saturated carbocycles. The van der Waals surface area contributed by atoms with Crippen LogP contribution in [-0.2, 0) is 20.5 Å². The Labute approximate surface area is 195 Å². The molecule has 2 aromatic carbocycles. The largest absolute Gasteiger partial charge is 0.490 e. The zero-order chi connectivity index (χ0) is 25.6. The van der Waals surface area contributed by atoms with Crippen molar-refractivity contribution in [2.75, 3.05) is 19.0 Å². The first-order chi connectivity index (χ1) is 15.8. The van der Waals surface area contributed by atoms with Crippen molar-refractivity contribution in [2.24, 2.45) is 0 Å². The van der Waals surface area contributed by atoms with Gasteiger partial charge in [0.1, 0.15) is 6.54 Å². The first-order valence-corrected chi connectivity index (χ1v) is 9.69. The van der Waals surface area contributed by atoms with Crippen molar-refractivity contribution in [1.82, 2.24) is 5.32 Å². The smallest absolute Gasteiger partial charge is 0.416 e. The maximum absolute atomic E-state index is 12.8. The van der Waals surface area contributed by atoms with Gasteiger partial charge < -0.3 is 20.1 Å². The normalized spacial score (nSPS) is 11.8. The summed E-state index contributed by atoms with van der Waals surface area (Å²) in [6.07, 6.45) is -6.11. The number of carbonyl (C=O) groups is 3. The lowest BCUT2D eigenvalue weighted by molar-refractivity contribution is -0.385. The van der Waals surface area contributed by atoms with Crippen LogP contribution < -0.4 is 15.4 Å². The molecule has 0 aliphatic carbocycles. The zero-order valence-corrected chi connectivity index (χ0v) is 18.3. The molecule has 34 heavy (non-hydrogen) atoms. The van der Waals surface area contributed by atoms with Crippen LogP contribution in [0, 0.1) is 10.1 Å². The van der Waals surface area contributed by atoms with E-state index in [-0.39, 0.29) is 22.0 Å². The second kappa shape index (κ2) is 10.8. The van der Waals surface area contributed by atoms with E-state index < -0.39 is 52.8 Å². The van der Waals surface area contributed by atoms with E-state index in [2.05, 4.69) is 10.6 Å². The highest BCUT2D eigenvalue weighted by Crippen LogP contribution is 2.34. The molecule has 0 unspecified atom stereocenters. The second-order valence-corrected chi connectivity index (χ2v) is 7.05. The lowest BCUT2D eigenvalue weighted by atomic mass is 10.1. The molecular weight excluding hydrogens is 487 g/mol. The molecule has 0 fully saturated rings. The van der Waals surface area contributed by atoms with Crippen molar-refractivity contribution in [3.8, 4) is 5.75 Å². The summed E-state index contributed by atoms with van der Waals surface area (Å²) in [5, 5.41) is 15.2. The van der Waals surface area contributed by atoms with Gasteiger partial charge in [0.2, 0.25) is 0 Å². The van der Waals surface area contributed by atoms with Crippen LogP contribution in [0.3, 0.4) is 0 Å². The van der Waals surface area contributed by atoms with Crippen molar-refractivity contribution in [3.05, 3.63) is 62.7 Å². The molecule has 10 nitrogen and oxygen atoms in total. The zero-order valence-electron chi connectivity index (χ0n) is 17.6. The van der Waals surface area contributed by atoms with Crippen LogP contribution in [0.5, 0.6) is 5.75 Å². The number of rotatable bonds is 8. The summed E-state index contributed by atoms with van der Waals surface area (Å²) in [6, 6.07) is 5.72. The lowest BCUT2D eigenvalue weighted by Crippen LogP contribution is -2.36. The summed E-state index contributed by atoms with van der Waals surface area (Å²) in [7, 11) is 1.22. The Bertz CT molecular complexity index is 1130. The topological polar surface area (TPSA) is 137 Å². The van der Waals surface area contributed by atoms with E-state index in [1.165, 1.54) is 19.2 Å². The number of hydrogen-bond donors (Lipinski definition) is 2. The number of nitrogens with one attached hydrogen (secondary N) is 2. The summed E-state index contributed by atoms with van der Waals surface area (Å²) in [4.78, 5) is 46.6. The molecule has 0 saturated heterocycles. The highest BCUT2D eigenvalue weighted by atomic mass is 35.5. The summed E-state index contributed by atoms with van der Waals surface area (Å²) in [6.45, 7) is 0.462. The molecule has 0 aromatic heterocycles. The fraction of sp³-hybridized carbons (Fsp3) is 0.250. The van der Waals surface area contributed by atoms with Gasteiger partial charge in [-0.05, 0) is 37.3 Å². The fourth-order valence-corrected chi connectivity index (χ4v) is 2.72. The van der Waals surface area contributed by atoms with Crippen molar-refractivity contribution in [2.45, 2.75) is 19.2 Å². The van der Waals surface area contributed by atoms with Crippen LogP contribution in [0.1, 0.15) is 22.8 Å². The van der Waals surface area contributed by atoms with Gasteiger partial charge in [-0.25, -0.2) is 0 Å². The predicted molar refractivity (Wildman–Crippen MR) is 113 cm³/mol. The number of nitrogens with zero attached hydrogens (tertiary/aromatic N) is 1. The number of anilines is 1. The third-order valence-corrected chi connectivity index (χ3v) is 4.59. The van der Waals surface area contributed by atoms with Crippen LogP contribution in [0.15, 0.2) is 36.4 Å². The number of esters is 1. The molecule has 0 aliphatic rings. The Morgan fingerprint density at radius 3 is 2.44 bits per heavy atom. The van der Waals surface area contributed by atoms with Gasteiger partial charge in [0.05, 0.1) is 28.3 Å². The predicted octanol–water partition coefficient (Wildman–Crippen LogP) is 3.58. The number of alkyl halides is 3. The minimum Gasteiger partial charge on any atom is -0.490 e. The summed E-state index contributed by atoms with van der Waals surface area (Å²) < 4.78 is 48.2. The van der Waals surface area contributed by atoms with E-state index >= 15 is 0 Å². The Balaban J connectivity index is 1.95. The summed E-state index contributed by atoms with van der Waals surface area (Å²) in [5.41, 5.74) is -1.97. The van der Waals surface area contributed by atoms with Gasteiger partial charge >= 0.3 is 17.8 Å². The highest BCUT2D eigenvalue weighted by Gasteiger charge is 2.31. The van der Waals surface area contributed by atoms with Crippen LogP contribution in [-0.4, -0.2) is 42.5 Å². The molecule has 2 aromatic rings. The van der Waals surface area contributed by atoms with Crippen molar-refractivity contribution in [1.29, 1.82) is 0 Å². The molecule has 2 amide bonds. The van der Waals surface area contributed by atoms with Crippen LogP contribution in [0.2, 0.25) is 5.02 Å². The van der Waals surface area contributed by atoms with E-state index in [1.807, 2.05) is 0 Å². The maximum Gasteiger partial charge on any atom is 0.416 e. The van der Waals surface area contributed by atoms with E-state index in [0.717, 1.165) is 25.1 Å². The number of hydrogen-bond acceptors (Lipinski definition) is 7. The lowest BCUT2D eigenvalue weighted by Gasteiger charge is -2.16.